The molecule has 0 aliphatic rings. The highest BCUT2D eigenvalue weighted by atomic mass is 127. The van der Waals surface area contributed by atoms with E-state index in [0.29, 0.717) is 71.9 Å². The van der Waals surface area contributed by atoms with Gasteiger partial charge in [0.2, 0.25) is 30.0 Å². The third-order valence-electron chi connectivity index (χ3n) is 4.60. The molecule has 16 nitrogen and oxygen atoms in total. The number of unbranched alkanes of at least 4 members (excludes halogenated alkanes) is 1. The van der Waals surface area contributed by atoms with Gasteiger partial charge in [0.1, 0.15) is 13.2 Å². The molecule has 42 heavy (non-hydrogen) atoms. The molecule has 0 unspecified atom stereocenters. The first-order chi connectivity index (χ1) is 20.3. The molecule has 0 rings (SSSR count). The maximum Gasteiger partial charge on any atom is 0.246 e. The minimum atomic E-state index is -0.329. The van der Waals surface area contributed by atoms with Gasteiger partial charge in [-0.1, -0.05) is 13.3 Å². The lowest BCUT2D eigenvalue weighted by Gasteiger charge is -2.10. The molecule has 1 atom stereocenters. The molecule has 0 radical (unpaired) electrons. The summed E-state index contributed by atoms with van der Waals surface area (Å²) in [6, 6.07) is -0.0401. The number of hydrogen-bond donors (Lipinski definition) is 7. The van der Waals surface area contributed by atoms with Gasteiger partial charge in [-0.05, 0) is 19.8 Å². The number of primary amides is 1. The van der Waals surface area contributed by atoms with Crippen LogP contribution in [0.3, 0.4) is 0 Å². The summed E-state index contributed by atoms with van der Waals surface area (Å²) in [6.07, 6.45) is 3.50. The number of halogens is 1. The van der Waals surface area contributed by atoms with Crippen LogP contribution in [0.1, 0.15) is 39.5 Å². The summed E-state index contributed by atoms with van der Waals surface area (Å²) in [5.74, 6) is -0.819. The van der Waals surface area contributed by atoms with Crippen LogP contribution >= 0.6 is 22.9 Å². The van der Waals surface area contributed by atoms with Crippen LogP contribution in [-0.2, 0) is 42.9 Å². The van der Waals surface area contributed by atoms with Gasteiger partial charge in [0.05, 0.1) is 46.2 Å². The number of carbonyl (C=O) groups is 5. The third kappa shape index (κ3) is 40.0. The zero-order valence-corrected chi connectivity index (χ0v) is 27.2. The Bertz CT molecular complexity index is 680. The van der Waals surface area contributed by atoms with Crippen molar-refractivity contribution in [3.05, 3.63) is 0 Å². The highest BCUT2D eigenvalue weighted by Crippen LogP contribution is 1.95. The Morgan fingerprint density at radius 2 is 1.29 bits per heavy atom. The van der Waals surface area contributed by atoms with Crippen LogP contribution in [0.2, 0.25) is 0 Å². The van der Waals surface area contributed by atoms with Gasteiger partial charge in [-0.2, -0.15) is 0 Å². The first-order valence-corrected chi connectivity index (χ1v) is 14.7. The van der Waals surface area contributed by atoms with Crippen molar-refractivity contribution in [3.8, 4) is 0 Å². The molecule has 0 saturated heterocycles. The fourth-order valence-electron chi connectivity index (χ4n) is 2.50. The molecule has 0 fully saturated rings. The van der Waals surface area contributed by atoms with Crippen molar-refractivity contribution < 1.29 is 48.0 Å². The number of nitrogens with one attached hydrogen (secondary N) is 5. The smallest absolute Gasteiger partial charge is 0.246 e. The summed E-state index contributed by atoms with van der Waals surface area (Å²) in [6.45, 7) is 7.34. The molecular weight excluding hydrogens is 671 g/mol. The van der Waals surface area contributed by atoms with E-state index in [1.165, 1.54) is 0 Å². The monoisotopic (exact) mass is 722 g/mol. The third-order valence-corrected chi connectivity index (χ3v) is 4.98. The van der Waals surface area contributed by atoms with Crippen molar-refractivity contribution in [1.82, 2.24) is 24.8 Å². The van der Waals surface area contributed by atoms with E-state index >= 15 is 0 Å². The Hall–Kier alpha value is -2.16. The summed E-state index contributed by atoms with van der Waals surface area (Å²) in [4.78, 5) is 54.7. The van der Waals surface area contributed by atoms with Gasteiger partial charge in [0.15, 0.2) is 0 Å². The number of aliphatic hydroxyl groups is 1. The Labute approximate surface area is 262 Å². The van der Waals surface area contributed by atoms with Crippen LogP contribution < -0.4 is 30.5 Å². The van der Waals surface area contributed by atoms with Crippen LogP contribution in [-0.4, -0.2) is 127 Å². The second-order valence-corrected chi connectivity index (χ2v) is 9.00. The second kappa shape index (κ2) is 36.9. The molecule has 0 aromatic rings. The zero-order chi connectivity index (χ0) is 32.3. The highest BCUT2D eigenvalue weighted by Gasteiger charge is 2.05. The summed E-state index contributed by atoms with van der Waals surface area (Å²) in [5.41, 5.74) is 4.70. The molecule has 0 aliphatic heterocycles. The molecule has 0 aliphatic carbocycles. The lowest BCUT2D eigenvalue weighted by Crippen LogP contribution is -2.32. The number of rotatable bonds is 26. The summed E-state index contributed by atoms with van der Waals surface area (Å²) in [7, 11) is 1.00. The van der Waals surface area contributed by atoms with Crippen molar-refractivity contribution in [3.63, 3.8) is 0 Å². The van der Waals surface area contributed by atoms with Crippen molar-refractivity contribution in [2.75, 3.05) is 86.1 Å². The maximum absolute atomic E-state index is 11.6. The molecule has 0 spiro atoms. The summed E-state index contributed by atoms with van der Waals surface area (Å²) in [5, 5.41) is 17.7. The average Bonchev–Trinajstić information content (AvgIpc) is 2.96. The number of ether oxygens (including phenoxy) is 4. The lowest BCUT2D eigenvalue weighted by molar-refractivity contribution is -0.127. The topological polar surface area (TPSA) is 229 Å². The molecule has 5 amide bonds. The van der Waals surface area contributed by atoms with E-state index in [4.69, 9.17) is 29.8 Å². The van der Waals surface area contributed by atoms with Crippen LogP contribution in [0, 0.1) is 0 Å². The predicted octanol–water partition coefficient (Wildman–Crippen LogP) is -1.86. The Kier molecular flexibility index (Phi) is 38.9. The molecular formula is C25H51IN6O10. The molecule has 248 valence electrons. The van der Waals surface area contributed by atoms with E-state index in [2.05, 4.69) is 31.7 Å². The van der Waals surface area contributed by atoms with Gasteiger partial charge in [0, 0.05) is 62.1 Å². The quantitative estimate of drug-likeness (QED) is 0.0227. The molecule has 0 aromatic heterocycles. The fraction of sp³-hybridized carbons (Fsp3) is 0.800. The number of hydrogen-bond acceptors (Lipinski definition) is 11. The number of carbonyl (C=O) groups excluding carboxylic acids is 5. The molecule has 0 heterocycles. The minimum absolute atomic E-state index is 0.0141. The average molecular weight is 723 g/mol. The Morgan fingerprint density at radius 3 is 1.71 bits per heavy atom. The van der Waals surface area contributed by atoms with Gasteiger partial charge in [-0.25, -0.2) is 0 Å². The van der Waals surface area contributed by atoms with Gasteiger partial charge >= 0.3 is 0 Å². The largest absolute Gasteiger partial charge is 0.400 e. The van der Waals surface area contributed by atoms with Crippen molar-refractivity contribution in [2.24, 2.45) is 5.73 Å². The van der Waals surface area contributed by atoms with Crippen LogP contribution in [0.4, 0.5) is 0 Å². The fourth-order valence-corrected chi connectivity index (χ4v) is 2.88. The van der Waals surface area contributed by atoms with E-state index in [9.17, 15) is 24.0 Å². The SMILES string of the molecule is CCCCNC(=O)COCCOCCNC(=O)COCCOCCNC(=O)CC[C@@H](C)NC=O.CO.NC(=O)CNI. The first-order valence-electron chi connectivity index (χ1n) is 13.6. The summed E-state index contributed by atoms with van der Waals surface area (Å²) < 4.78 is 23.6. The number of amides is 5. The second-order valence-electron chi connectivity index (χ2n) is 8.23. The van der Waals surface area contributed by atoms with Crippen LogP contribution in [0.15, 0.2) is 0 Å². The van der Waals surface area contributed by atoms with E-state index in [-0.39, 0.29) is 56.0 Å². The van der Waals surface area contributed by atoms with Gasteiger partial charge in [-0.15, -0.1) is 0 Å². The van der Waals surface area contributed by atoms with E-state index in [1.807, 2.05) is 29.8 Å². The van der Waals surface area contributed by atoms with Crippen molar-refractivity contribution >= 4 is 52.9 Å². The number of nitrogens with two attached hydrogens (primary N) is 1. The van der Waals surface area contributed by atoms with E-state index in [1.54, 1.807) is 0 Å². The van der Waals surface area contributed by atoms with Crippen molar-refractivity contribution in [2.45, 2.75) is 45.6 Å². The van der Waals surface area contributed by atoms with Gasteiger partial charge in [-0.3, -0.25) is 27.5 Å². The molecule has 0 bridgehead atoms. The molecule has 17 heteroatoms. The van der Waals surface area contributed by atoms with Gasteiger partial charge < -0.3 is 51.1 Å². The highest BCUT2D eigenvalue weighted by molar-refractivity contribution is 14.1. The molecule has 0 aromatic carbocycles. The van der Waals surface area contributed by atoms with Gasteiger partial charge in [0.25, 0.3) is 0 Å². The lowest BCUT2D eigenvalue weighted by atomic mass is 10.2. The minimum Gasteiger partial charge on any atom is -0.400 e. The Balaban J connectivity index is -0.00000167. The maximum atomic E-state index is 11.6. The normalized spacial score (nSPS) is 10.6. The summed E-state index contributed by atoms with van der Waals surface area (Å²) >= 11 is 1.85. The molecule has 0 saturated carbocycles. The van der Waals surface area contributed by atoms with E-state index in [0.717, 1.165) is 20.0 Å². The molecule has 8 N–H and O–H groups in total. The van der Waals surface area contributed by atoms with E-state index < -0.39 is 0 Å². The van der Waals surface area contributed by atoms with Crippen molar-refractivity contribution in [1.29, 1.82) is 0 Å². The van der Waals surface area contributed by atoms with Crippen LogP contribution in [0.5, 0.6) is 0 Å². The number of aliphatic hydroxyl groups excluding tert-OH is 1. The van der Waals surface area contributed by atoms with Crippen LogP contribution in [0.25, 0.3) is 0 Å². The predicted molar refractivity (Wildman–Crippen MR) is 164 cm³/mol. The first kappa shape index (κ1) is 44.3. The standard InChI is InChI=1S/C22H42N4O8.C2H5IN2O.CH4O/c1-3-4-7-23-21(29)16-33-14-13-32-11-9-25-22(30)17-34-15-12-31-10-8-24-20(28)6-5-19(2)26-18-27;3-5-1-2(4)6;1-2/h18-19H,3-17H2,1-2H3,(H,23,29)(H,24,28)(H,25,30)(H,26,27);5H,1H2,(H2,4,6);2H,1H3/t19-;;/m1../s1. The zero-order valence-electron chi connectivity index (χ0n) is 25.0. The Morgan fingerprint density at radius 1 is 0.810 bits per heavy atom.